The number of aryl methyl sites for hydroxylation is 2. The van der Waals surface area contributed by atoms with E-state index in [1.54, 1.807) is 13.2 Å². The van der Waals surface area contributed by atoms with Gasteiger partial charge in [0.25, 0.3) is 0 Å². The van der Waals surface area contributed by atoms with E-state index >= 15 is 0 Å². The molecule has 0 unspecified atom stereocenters. The SMILES string of the molecule is Cc1cccc(-n2nnn(C)c2=O)c1COc1ccnc(-c2ccccc2)c1. The third-order valence-corrected chi connectivity index (χ3v) is 4.52. The van der Waals surface area contributed by atoms with Crippen LogP contribution in [0, 0.1) is 6.92 Å². The van der Waals surface area contributed by atoms with Crippen LogP contribution in [0.25, 0.3) is 16.9 Å². The second-order valence-electron chi connectivity index (χ2n) is 6.40. The van der Waals surface area contributed by atoms with Gasteiger partial charge in [-0.05, 0) is 35.0 Å². The quantitative estimate of drug-likeness (QED) is 0.538. The molecule has 0 amide bonds. The van der Waals surface area contributed by atoms with E-state index in [1.807, 2.05) is 67.6 Å². The standard InChI is InChI=1S/C21H19N5O2/c1-15-7-6-10-20(26-21(27)25(2)23-24-26)18(15)14-28-17-11-12-22-19(13-17)16-8-4-3-5-9-16/h3-13H,14H2,1-2H3. The highest BCUT2D eigenvalue weighted by atomic mass is 16.5. The zero-order valence-corrected chi connectivity index (χ0v) is 15.6. The highest BCUT2D eigenvalue weighted by Gasteiger charge is 2.13. The van der Waals surface area contributed by atoms with Crippen LogP contribution in [0.3, 0.4) is 0 Å². The van der Waals surface area contributed by atoms with Crippen LogP contribution >= 0.6 is 0 Å². The summed E-state index contributed by atoms with van der Waals surface area (Å²) in [5.74, 6) is 0.703. The molecule has 0 bridgehead atoms. The number of nitrogens with zero attached hydrogens (tertiary/aromatic N) is 5. The van der Waals surface area contributed by atoms with Gasteiger partial charge in [-0.25, -0.2) is 4.79 Å². The molecular weight excluding hydrogens is 354 g/mol. The molecule has 0 aliphatic carbocycles. The smallest absolute Gasteiger partial charge is 0.368 e. The predicted molar refractivity (Wildman–Crippen MR) is 105 cm³/mol. The number of hydrogen-bond donors (Lipinski definition) is 0. The topological polar surface area (TPSA) is 74.8 Å². The van der Waals surface area contributed by atoms with Gasteiger partial charge < -0.3 is 4.74 Å². The molecule has 4 rings (SSSR count). The minimum absolute atomic E-state index is 0.295. The van der Waals surface area contributed by atoms with E-state index in [9.17, 15) is 4.79 Å². The molecule has 0 atom stereocenters. The summed E-state index contributed by atoms with van der Waals surface area (Å²) in [6.07, 6.45) is 1.73. The zero-order chi connectivity index (χ0) is 19.5. The number of hydrogen-bond acceptors (Lipinski definition) is 5. The minimum Gasteiger partial charge on any atom is -0.489 e. The maximum absolute atomic E-state index is 12.3. The van der Waals surface area contributed by atoms with Crippen LogP contribution in [-0.4, -0.2) is 24.8 Å². The van der Waals surface area contributed by atoms with E-state index in [-0.39, 0.29) is 5.69 Å². The van der Waals surface area contributed by atoms with Crippen molar-refractivity contribution in [2.45, 2.75) is 13.5 Å². The molecule has 2 aromatic carbocycles. The summed E-state index contributed by atoms with van der Waals surface area (Å²) in [5, 5.41) is 7.74. The Kier molecular flexibility index (Phi) is 4.72. The average molecular weight is 373 g/mol. The molecule has 0 saturated heterocycles. The normalized spacial score (nSPS) is 10.8. The Morgan fingerprint density at radius 2 is 1.82 bits per heavy atom. The van der Waals surface area contributed by atoms with E-state index in [0.717, 1.165) is 22.4 Å². The summed E-state index contributed by atoms with van der Waals surface area (Å²) in [7, 11) is 1.57. The first-order valence-corrected chi connectivity index (χ1v) is 8.85. The van der Waals surface area contributed by atoms with Gasteiger partial charge in [0, 0.05) is 30.4 Å². The molecule has 0 aliphatic rings. The van der Waals surface area contributed by atoms with Gasteiger partial charge in [-0.2, -0.15) is 9.36 Å². The Bertz CT molecular complexity index is 1160. The second kappa shape index (κ2) is 7.48. The van der Waals surface area contributed by atoms with Crippen LogP contribution in [-0.2, 0) is 13.7 Å². The van der Waals surface area contributed by atoms with E-state index in [1.165, 1.54) is 9.36 Å². The first-order chi connectivity index (χ1) is 13.6. The van der Waals surface area contributed by atoms with E-state index < -0.39 is 0 Å². The Labute approximate surface area is 161 Å². The summed E-state index contributed by atoms with van der Waals surface area (Å²) in [5.41, 5.74) is 4.11. The van der Waals surface area contributed by atoms with Gasteiger partial charge in [0.15, 0.2) is 0 Å². The Morgan fingerprint density at radius 3 is 2.57 bits per heavy atom. The van der Waals surface area contributed by atoms with Gasteiger partial charge in [0.05, 0.1) is 11.4 Å². The van der Waals surface area contributed by atoms with Crippen LogP contribution in [0.15, 0.2) is 71.7 Å². The lowest BCUT2D eigenvalue weighted by Crippen LogP contribution is -2.23. The van der Waals surface area contributed by atoms with Crippen molar-refractivity contribution in [3.8, 4) is 22.7 Å². The van der Waals surface area contributed by atoms with E-state index in [4.69, 9.17) is 4.74 Å². The molecule has 0 saturated carbocycles. The fraction of sp³-hybridized carbons (Fsp3) is 0.143. The molecule has 7 nitrogen and oxygen atoms in total. The lowest BCUT2D eigenvalue weighted by atomic mass is 10.1. The van der Waals surface area contributed by atoms with Crippen molar-refractivity contribution in [3.05, 3.63) is 88.5 Å². The van der Waals surface area contributed by atoms with Crippen molar-refractivity contribution in [2.24, 2.45) is 7.05 Å². The largest absolute Gasteiger partial charge is 0.489 e. The number of aromatic nitrogens is 5. The lowest BCUT2D eigenvalue weighted by Gasteiger charge is -2.13. The summed E-state index contributed by atoms with van der Waals surface area (Å²) < 4.78 is 8.52. The van der Waals surface area contributed by atoms with Gasteiger partial charge in [-0.15, -0.1) is 0 Å². The van der Waals surface area contributed by atoms with Crippen LogP contribution in [0.4, 0.5) is 0 Å². The van der Waals surface area contributed by atoms with Crippen molar-refractivity contribution in [1.82, 2.24) is 24.8 Å². The molecule has 0 spiro atoms. The van der Waals surface area contributed by atoms with Crippen molar-refractivity contribution >= 4 is 0 Å². The molecular formula is C21H19N5O2. The third kappa shape index (κ3) is 3.42. The molecule has 0 fully saturated rings. The number of rotatable bonds is 5. The fourth-order valence-electron chi connectivity index (χ4n) is 2.96. The van der Waals surface area contributed by atoms with Crippen molar-refractivity contribution in [3.63, 3.8) is 0 Å². The van der Waals surface area contributed by atoms with E-state index in [0.29, 0.717) is 18.0 Å². The van der Waals surface area contributed by atoms with Gasteiger partial charge in [0.2, 0.25) is 0 Å². The van der Waals surface area contributed by atoms with Gasteiger partial charge >= 0.3 is 5.69 Å². The maximum Gasteiger partial charge on any atom is 0.368 e. The molecule has 28 heavy (non-hydrogen) atoms. The molecule has 0 radical (unpaired) electrons. The summed E-state index contributed by atoms with van der Waals surface area (Å²) in [4.78, 5) is 16.7. The number of benzene rings is 2. The molecule has 2 aromatic heterocycles. The Balaban J connectivity index is 1.63. The first-order valence-electron chi connectivity index (χ1n) is 8.85. The van der Waals surface area contributed by atoms with Crippen molar-refractivity contribution in [1.29, 1.82) is 0 Å². The molecule has 4 aromatic rings. The molecule has 0 aliphatic heterocycles. The highest BCUT2D eigenvalue weighted by molar-refractivity contribution is 5.60. The maximum atomic E-state index is 12.3. The van der Waals surface area contributed by atoms with Crippen LogP contribution in [0.2, 0.25) is 0 Å². The van der Waals surface area contributed by atoms with Gasteiger partial charge in [-0.1, -0.05) is 42.5 Å². The van der Waals surface area contributed by atoms with Crippen LogP contribution in [0.5, 0.6) is 5.75 Å². The number of pyridine rings is 1. The summed E-state index contributed by atoms with van der Waals surface area (Å²) in [6, 6.07) is 19.4. The predicted octanol–water partition coefficient (Wildman–Crippen LogP) is 2.92. The Morgan fingerprint density at radius 1 is 1.00 bits per heavy atom. The molecule has 7 heteroatoms. The first kappa shape index (κ1) is 17.7. The third-order valence-electron chi connectivity index (χ3n) is 4.52. The van der Waals surface area contributed by atoms with Crippen LogP contribution < -0.4 is 10.4 Å². The lowest BCUT2D eigenvalue weighted by molar-refractivity contribution is 0.304. The summed E-state index contributed by atoms with van der Waals surface area (Å²) >= 11 is 0. The average Bonchev–Trinajstić information content (AvgIpc) is 3.06. The van der Waals surface area contributed by atoms with Gasteiger partial charge in [-0.3, -0.25) is 4.98 Å². The van der Waals surface area contributed by atoms with E-state index in [2.05, 4.69) is 15.4 Å². The monoisotopic (exact) mass is 373 g/mol. The second-order valence-corrected chi connectivity index (χ2v) is 6.40. The fourth-order valence-corrected chi connectivity index (χ4v) is 2.96. The molecule has 140 valence electrons. The molecule has 2 heterocycles. The number of tetrazole rings is 1. The van der Waals surface area contributed by atoms with Crippen molar-refractivity contribution < 1.29 is 4.74 Å². The highest BCUT2D eigenvalue weighted by Crippen LogP contribution is 2.23. The Hall–Kier alpha value is -3.74. The van der Waals surface area contributed by atoms with Gasteiger partial charge in [0.1, 0.15) is 12.4 Å². The number of ether oxygens (including phenoxy) is 1. The van der Waals surface area contributed by atoms with Crippen LogP contribution in [0.1, 0.15) is 11.1 Å². The minimum atomic E-state index is -0.304. The summed E-state index contributed by atoms with van der Waals surface area (Å²) in [6.45, 7) is 2.27. The molecule has 0 N–H and O–H groups in total. The zero-order valence-electron chi connectivity index (χ0n) is 15.6. The van der Waals surface area contributed by atoms with Crippen molar-refractivity contribution in [2.75, 3.05) is 0 Å².